The molecule has 2 N–H and O–H groups in total. The van der Waals surface area contributed by atoms with Crippen LogP contribution in [0.15, 0.2) is 42.5 Å². The van der Waals surface area contributed by atoms with Crippen molar-refractivity contribution >= 4 is 18.4 Å². The Bertz CT molecular complexity index is 614. The van der Waals surface area contributed by atoms with Crippen LogP contribution in [-0.4, -0.2) is 13.2 Å². The maximum Gasteiger partial charge on any atom is 0.351 e. The fraction of sp³-hybridized carbons (Fsp3) is 0.333. The molecular formula is C15H20NO3P. The molecule has 0 aliphatic carbocycles. The largest absolute Gasteiger partial charge is 0.351 e. The number of benzene rings is 2. The van der Waals surface area contributed by atoms with E-state index >= 15 is 0 Å². The fourth-order valence-electron chi connectivity index (χ4n) is 2.24. The summed E-state index contributed by atoms with van der Waals surface area (Å²) < 4.78 is 23.5. The fourth-order valence-corrected chi connectivity index (χ4v) is 3.92. The first-order chi connectivity index (χ1) is 9.62. The first-order valence-electron chi connectivity index (χ1n) is 6.74. The van der Waals surface area contributed by atoms with Gasteiger partial charge in [-0.3, -0.25) is 4.57 Å². The molecule has 20 heavy (non-hydrogen) atoms. The van der Waals surface area contributed by atoms with Gasteiger partial charge in [-0.1, -0.05) is 42.5 Å². The lowest BCUT2D eigenvalue weighted by Crippen LogP contribution is -2.15. The quantitative estimate of drug-likeness (QED) is 0.816. The molecule has 0 amide bonds. The van der Waals surface area contributed by atoms with Gasteiger partial charge in [0.1, 0.15) is 5.78 Å². The van der Waals surface area contributed by atoms with Crippen LogP contribution in [0, 0.1) is 0 Å². The summed E-state index contributed by atoms with van der Waals surface area (Å²) >= 11 is 0. The summed E-state index contributed by atoms with van der Waals surface area (Å²) in [5.74, 6) is -0.784. The normalized spacial score (nSPS) is 13.6. The lowest BCUT2D eigenvalue weighted by molar-refractivity contribution is 0.212. The van der Waals surface area contributed by atoms with E-state index in [1.54, 1.807) is 13.8 Å². The van der Waals surface area contributed by atoms with Crippen molar-refractivity contribution in [1.82, 2.24) is 0 Å². The van der Waals surface area contributed by atoms with Crippen LogP contribution < -0.4 is 5.73 Å². The summed E-state index contributed by atoms with van der Waals surface area (Å²) in [5, 5.41) is 2.03. The molecule has 4 nitrogen and oxygen atoms in total. The van der Waals surface area contributed by atoms with Gasteiger partial charge in [0.25, 0.3) is 0 Å². The van der Waals surface area contributed by atoms with E-state index in [2.05, 4.69) is 0 Å². The van der Waals surface area contributed by atoms with Gasteiger partial charge in [-0.25, -0.2) is 0 Å². The molecule has 0 saturated carbocycles. The minimum absolute atomic E-state index is 0.301. The third-order valence-electron chi connectivity index (χ3n) is 3.10. The zero-order valence-corrected chi connectivity index (χ0v) is 12.7. The van der Waals surface area contributed by atoms with Gasteiger partial charge in [-0.05, 0) is 30.2 Å². The molecule has 0 bridgehead atoms. The SMILES string of the molecule is CCOP(=O)(OCC)[C@@H](N)c1cccc2ccccc12. The zero-order valence-electron chi connectivity index (χ0n) is 11.8. The molecule has 0 radical (unpaired) electrons. The molecular weight excluding hydrogens is 273 g/mol. The van der Waals surface area contributed by atoms with Gasteiger partial charge in [0.15, 0.2) is 0 Å². The van der Waals surface area contributed by atoms with Gasteiger partial charge in [-0.2, -0.15) is 0 Å². The summed E-state index contributed by atoms with van der Waals surface area (Å²) in [6.45, 7) is 4.16. The number of fused-ring (bicyclic) bond motifs is 1. The number of rotatable bonds is 6. The second-order valence-corrected chi connectivity index (χ2v) is 6.54. The minimum Gasteiger partial charge on any atom is -0.314 e. The average molecular weight is 293 g/mol. The van der Waals surface area contributed by atoms with Crippen LogP contribution >= 0.6 is 7.60 Å². The van der Waals surface area contributed by atoms with Crippen molar-refractivity contribution < 1.29 is 13.6 Å². The highest BCUT2D eigenvalue weighted by molar-refractivity contribution is 7.54. The first-order valence-corrected chi connectivity index (χ1v) is 8.35. The summed E-state index contributed by atoms with van der Waals surface area (Å²) in [6.07, 6.45) is 0. The first kappa shape index (κ1) is 15.2. The van der Waals surface area contributed by atoms with Crippen LogP contribution in [0.5, 0.6) is 0 Å². The smallest absolute Gasteiger partial charge is 0.314 e. The van der Waals surface area contributed by atoms with E-state index in [9.17, 15) is 4.57 Å². The maximum absolute atomic E-state index is 12.8. The third-order valence-corrected chi connectivity index (χ3v) is 5.30. The van der Waals surface area contributed by atoms with Crippen LogP contribution in [0.3, 0.4) is 0 Å². The molecule has 0 fully saturated rings. The van der Waals surface area contributed by atoms with Crippen molar-refractivity contribution in [1.29, 1.82) is 0 Å². The van der Waals surface area contributed by atoms with Gasteiger partial charge < -0.3 is 14.8 Å². The van der Waals surface area contributed by atoms with Gasteiger partial charge >= 0.3 is 7.60 Å². The van der Waals surface area contributed by atoms with Gasteiger partial charge in [0, 0.05) is 0 Å². The Hall–Kier alpha value is -1.19. The second kappa shape index (κ2) is 6.51. The third kappa shape index (κ3) is 2.94. The van der Waals surface area contributed by atoms with Crippen molar-refractivity contribution in [2.75, 3.05) is 13.2 Å². The predicted octanol–water partition coefficient (Wildman–Crippen LogP) is 4.06. The lowest BCUT2D eigenvalue weighted by atomic mass is 10.0. The van der Waals surface area contributed by atoms with E-state index in [1.165, 1.54) is 0 Å². The number of hydrogen-bond donors (Lipinski definition) is 1. The van der Waals surface area contributed by atoms with Crippen LogP contribution in [0.1, 0.15) is 25.2 Å². The van der Waals surface area contributed by atoms with Crippen molar-refractivity contribution in [3.63, 3.8) is 0 Å². The van der Waals surface area contributed by atoms with E-state index in [0.717, 1.165) is 16.3 Å². The molecule has 5 heteroatoms. The molecule has 1 atom stereocenters. The Morgan fingerprint density at radius 2 is 1.65 bits per heavy atom. The summed E-state index contributed by atoms with van der Waals surface area (Å²) in [7, 11) is -3.36. The Morgan fingerprint density at radius 1 is 1.05 bits per heavy atom. The molecule has 0 saturated heterocycles. The highest BCUT2D eigenvalue weighted by Crippen LogP contribution is 2.58. The van der Waals surface area contributed by atoms with Gasteiger partial charge in [0.05, 0.1) is 13.2 Å². The molecule has 0 aliphatic rings. The van der Waals surface area contributed by atoms with E-state index in [0.29, 0.717) is 13.2 Å². The maximum atomic E-state index is 12.8. The van der Waals surface area contributed by atoms with Gasteiger partial charge in [0.2, 0.25) is 0 Å². The lowest BCUT2D eigenvalue weighted by Gasteiger charge is -2.24. The highest BCUT2D eigenvalue weighted by Gasteiger charge is 2.34. The Kier molecular flexibility index (Phi) is 4.95. The summed E-state index contributed by atoms with van der Waals surface area (Å²) in [4.78, 5) is 0. The highest BCUT2D eigenvalue weighted by atomic mass is 31.2. The molecule has 0 aromatic heterocycles. The molecule has 0 spiro atoms. The molecule has 2 aromatic rings. The van der Waals surface area contributed by atoms with Crippen molar-refractivity contribution in [2.45, 2.75) is 19.6 Å². The van der Waals surface area contributed by atoms with Crippen molar-refractivity contribution in [2.24, 2.45) is 5.73 Å². The van der Waals surface area contributed by atoms with E-state index in [-0.39, 0.29) is 0 Å². The van der Waals surface area contributed by atoms with Crippen molar-refractivity contribution in [3.8, 4) is 0 Å². The second-order valence-electron chi connectivity index (χ2n) is 4.39. The number of nitrogens with two attached hydrogens (primary N) is 1. The predicted molar refractivity (Wildman–Crippen MR) is 81.7 cm³/mol. The van der Waals surface area contributed by atoms with Crippen LogP contribution in [0.25, 0.3) is 10.8 Å². The molecule has 0 unspecified atom stereocenters. The van der Waals surface area contributed by atoms with E-state index < -0.39 is 13.4 Å². The molecule has 0 heterocycles. The Labute approximate surface area is 119 Å². The molecule has 108 valence electrons. The standard InChI is InChI=1S/C15H20NO3P/c1-3-18-20(17,19-4-2)15(16)14-11-7-9-12-8-5-6-10-13(12)14/h5-11,15H,3-4,16H2,1-2H3/t15-/m1/s1. The Balaban J connectivity index is 2.49. The summed E-state index contributed by atoms with van der Waals surface area (Å²) in [5.41, 5.74) is 6.98. The van der Waals surface area contributed by atoms with Gasteiger partial charge in [-0.15, -0.1) is 0 Å². The minimum atomic E-state index is -3.36. The molecule has 2 aromatic carbocycles. The average Bonchev–Trinajstić information content (AvgIpc) is 2.46. The Morgan fingerprint density at radius 3 is 2.30 bits per heavy atom. The van der Waals surface area contributed by atoms with E-state index in [1.807, 2.05) is 42.5 Å². The van der Waals surface area contributed by atoms with E-state index in [4.69, 9.17) is 14.8 Å². The van der Waals surface area contributed by atoms with Crippen LogP contribution in [0.2, 0.25) is 0 Å². The topological polar surface area (TPSA) is 61.5 Å². The van der Waals surface area contributed by atoms with Crippen molar-refractivity contribution in [3.05, 3.63) is 48.0 Å². The molecule has 0 aliphatic heterocycles. The number of hydrogen-bond acceptors (Lipinski definition) is 4. The van der Waals surface area contributed by atoms with Crippen LogP contribution in [0.4, 0.5) is 0 Å². The zero-order chi connectivity index (χ0) is 14.6. The monoisotopic (exact) mass is 293 g/mol. The van der Waals surface area contributed by atoms with Crippen LogP contribution in [-0.2, 0) is 13.6 Å². The summed E-state index contributed by atoms with van der Waals surface area (Å²) in [6, 6.07) is 13.6. The molecule has 2 rings (SSSR count).